The number of amides is 2. The Kier molecular flexibility index (Phi) is 5.38. The lowest BCUT2D eigenvalue weighted by molar-refractivity contribution is 0.240. The number of carbonyl (C=O) groups is 1. The van der Waals surface area contributed by atoms with Gasteiger partial charge in [0.25, 0.3) is 0 Å². The number of hydrogen-bond acceptors (Lipinski definition) is 3. The third kappa shape index (κ3) is 4.60. The molecule has 2 amide bonds. The molecular weight excluding hydrogens is 248 g/mol. The van der Waals surface area contributed by atoms with Crippen molar-refractivity contribution in [3.63, 3.8) is 0 Å². The molecule has 0 bridgehead atoms. The van der Waals surface area contributed by atoms with Gasteiger partial charge in [-0.3, -0.25) is 0 Å². The van der Waals surface area contributed by atoms with E-state index in [0.717, 1.165) is 19.5 Å². The Hall–Kier alpha value is -1.17. The van der Waals surface area contributed by atoms with E-state index in [1.54, 1.807) is 12.5 Å². The molecule has 100 valence electrons. The molecule has 5 nitrogen and oxygen atoms in total. The first kappa shape index (κ1) is 13.3. The molecule has 0 saturated carbocycles. The lowest BCUT2D eigenvalue weighted by Crippen LogP contribution is -2.39. The molecule has 1 saturated heterocycles. The Labute approximate surface area is 112 Å². The van der Waals surface area contributed by atoms with E-state index in [4.69, 9.17) is 0 Å². The lowest BCUT2D eigenvalue weighted by Gasteiger charge is -2.11. The smallest absolute Gasteiger partial charge is 0.314 e. The molecule has 0 unspecified atom stereocenters. The number of rotatable bonds is 6. The molecule has 1 aromatic rings. The predicted octanol–water partition coefficient (Wildman–Crippen LogP) is 1.47. The third-order valence-corrected chi connectivity index (χ3v) is 4.35. The van der Waals surface area contributed by atoms with Crippen molar-refractivity contribution in [1.82, 2.24) is 20.2 Å². The van der Waals surface area contributed by atoms with Gasteiger partial charge in [0.2, 0.25) is 0 Å². The fourth-order valence-electron chi connectivity index (χ4n) is 1.96. The van der Waals surface area contributed by atoms with Crippen molar-refractivity contribution in [3.05, 3.63) is 18.7 Å². The van der Waals surface area contributed by atoms with Crippen molar-refractivity contribution in [3.8, 4) is 0 Å². The summed E-state index contributed by atoms with van der Waals surface area (Å²) in [5.41, 5.74) is 0. The Morgan fingerprint density at radius 2 is 2.44 bits per heavy atom. The lowest BCUT2D eigenvalue weighted by atomic mass is 10.2. The molecule has 1 aliphatic rings. The van der Waals surface area contributed by atoms with Crippen LogP contribution in [0.5, 0.6) is 0 Å². The maximum absolute atomic E-state index is 11.5. The van der Waals surface area contributed by atoms with E-state index >= 15 is 0 Å². The molecule has 1 aliphatic heterocycles. The molecule has 2 rings (SSSR count). The van der Waals surface area contributed by atoms with Crippen LogP contribution < -0.4 is 10.6 Å². The Bertz CT molecular complexity index is 349. The molecule has 1 aromatic heterocycles. The van der Waals surface area contributed by atoms with Gasteiger partial charge in [0.15, 0.2) is 0 Å². The minimum Gasteiger partial charge on any atom is -0.338 e. The van der Waals surface area contributed by atoms with E-state index in [1.165, 1.54) is 18.6 Å². The van der Waals surface area contributed by atoms with Crippen LogP contribution in [0.3, 0.4) is 0 Å². The molecule has 6 heteroatoms. The molecule has 0 aromatic carbocycles. The second-order valence-corrected chi connectivity index (χ2v) is 5.83. The Morgan fingerprint density at radius 1 is 1.50 bits per heavy atom. The van der Waals surface area contributed by atoms with Gasteiger partial charge >= 0.3 is 6.03 Å². The van der Waals surface area contributed by atoms with Gasteiger partial charge in [0.1, 0.15) is 0 Å². The van der Waals surface area contributed by atoms with Crippen molar-refractivity contribution < 1.29 is 4.79 Å². The van der Waals surface area contributed by atoms with Crippen molar-refractivity contribution in [2.24, 2.45) is 0 Å². The monoisotopic (exact) mass is 268 g/mol. The van der Waals surface area contributed by atoms with E-state index in [-0.39, 0.29) is 6.03 Å². The van der Waals surface area contributed by atoms with Crippen LogP contribution in [0.4, 0.5) is 4.79 Å². The SMILES string of the molecule is O=C(NCCCn1ccnc1)NC[C@H]1CCCS1. The topological polar surface area (TPSA) is 59.0 Å². The summed E-state index contributed by atoms with van der Waals surface area (Å²) in [7, 11) is 0. The molecule has 18 heavy (non-hydrogen) atoms. The van der Waals surface area contributed by atoms with Gasteiger partial charge in [-0.1, -0.05) is 0 Å². The minimum absolute atomic E-state index is 0.0480. The van der Waals surface area contributed by atoms with Crippen LogP contribution in [-0.2, 0) is 6.54 Å². The Balaban J connectivity index is 1.49. The number of nitrogens with one attached hydrogen (secondary N) is 2. The predicted molar refractivity (Wildman–Crippen MR) is 73.7 cm³/mol. The zero-order valence-corrected chi connectivity index (χ0v) is 11.3. The third-order valence-electron chi connectivity index (χ3n) is 2.95. The average molecular weight is 268 g/mol. The molecule has 0 aliphatic carbocycles. The van der Waals surface area contributed by atoms with E-state index in [1.807, 2.05) is 22.5 Å². The van der Waals surface area contributed by atoms with Crippen LogP contribution in [0, 0.1) is 0 Å². The first-order valence-corrected chi connectivity index (χ1v) is 7.48. The second-order valence-electron chi connectivity index (χ2n) is 4.43. The zero-order valence-electron chi connectivity index (χ0n) is 10.5. The molecule has 1 fully saturated rings. The highest BCUT2D eigenvalue weighted by Crippen LogP contribution is 2.25. The summed E-state index contributed by atoms with van der Waals surface area (Å²) in [6, 6.07) is -0.0480. The molecule has 0 radical (unpaired) electrons. The van der Waals surface area contributed by atoms with Gasteiger partial charge in [0.05, 0.1) is 6.33 Å². The van der Waals surface area contributed by atoms with Gasteiger partial charge in [0, 0.05) is 37.3 Å². The average Bonchev–Trinajstić information content (AvgIpc) is 3.04. The molecule has 2 heterocycles. The summed E-state index contributed by atoms with van der Waals surface area (Å²) in [6.07, 6.45) is 8.91. The maximum atomic E-state index is 11.5. The summed E-state index contributed by atoms with van der Waals surface area (Å²) < 4.78 is 2.01. The van der Waals surface area contributed by atoms with Gasteiger partial charge in [-0.05, 0) is 25.0 Å². The summed E-state index contributed by atoms with van der Waals surface area (Å²) in [5.74, 6) is 1.23. The maximum Gasteiger partial charge on any atom is 0.314 e. The number of urea groups is 1. The van der Waals surface area contributed by atoms with E-state index in [2.05, 4.69) is 15.6 Å². The van der Waals surface area contributed by atoms with Gasteiger partial charge in [-0.25, -0.2) is 9.78 Å². The fourth-order valence-corrected chi connectivity index (χ4v) is 3.16. The van der Waals surface area contributed by atoms with Crippen LogP contribution in [0.1, 0.15) is 19.3 Å². The van der Waals surface area contributed by atoms with Crippen molar-refractivity contribution >= 4 is 17.8 Å². The number of carbonyl (C=O) groups excluding carboxylic acids is 1. The minimum atomic E-state index is -0.0480. The number of aromatic nitrogens is 2. The van der Waals surface area contributed by atoms with Crippen LogP contribution in [0.2, 0.25) is 0 Å². The summed E-state index contributed by atoms with van der Waals surface area (Å²) in [6.45, 7) is 2.37. The van der Waals surface area contributed by atoms with Crippen LogP contribution in [-0.4, -0.2) is 39.7 Å². The van der Waals surface area contributed by atoms with Crippen LogP contribution >= 0.6 is 11.8 Å². The van der Waals surface area contributed by atoms with E-state index in [0.29, 0.717) is 11.8 Å². The van der Waals surface area contributed by atoms with Gasteiger partial charge < -0.3 is 15.2 Å². The van der Waals surface area contributed by atoms with Crippen LogP contribution in [0.25, 0.3) is 0 Å². The number of hydrogen-bond donors (Lipinski definition) is 2. The normalized spacial score (nSPS) is 18.8. The Morgan fingerprint density at radius 3 is 3.17 bits per heavy atom. The fraction of sp³-hybridized carbons (Fsp3) is 0.667. The highest BCUT2D eigenvalue weighted by molar-refractivity contribution is 8.00. The van der Waals surface area contributed by atoms with Crippen molar-refractivity contribution in [1.29, 1.82) is 0 Å². The quantitative estimate of drug-likeness (QED) is 0.768. The largest absolute Gasteiger partial charge is 0.338 e. The molecule has 0 spiro atoms. The van der Waals surface area contributed by atoms with Crippen molar-refractivity contribution in [2.75, 3.05) is 18.8 Å². The summed E-state index contributed by atoms with van der Waals surface area (Å²) in [4.78, 5) is 15.5. The van der Waals surface area contributed by atoms with Gasteiger partial charge in [-0.15, -0.1) is 0 Å². The number of nitrogens with zero attached hydrogens (tertiary/aromatic N) is 2. The molecule has 2 N–H and O–H groups in total. The van der Waals surface area contributed by atoms with Crippen molar-refractivity contribution in [2.45, 2.75) is 31.1 Å². The second kappa shape index (κ2) is 7.31. The highest BCUT2D eigenvalue weighted by Gasteiger charge is 2.15. The van der Waals surface area contributed by atoms with Gasteiger partial charge in [-0.2, -0.15) is 11.8 Å². The molecule has 1 atom stereocenters. The standard InChI is InChI=1S/C12H20N4OS/c17-12(15-9-11-3-1-8-18-11)14-4-2-6-16-7-5-13-10-16/h5,7,10-11H,1-4,6,8-9H2,(H2,14,15,17)/t11-/m1/s1. The number of imidazole rings is 1. The summed E-state index contributed by atoms with van der Waals surface area (Å²) >= 11 is 1.96. The first-order valence-electron chi connectivity index (χ1n) is 6.43. The molecular formula is C12H20N4OS. The van der Waals surface area contributed by atoms with Crippen LogP contribution in [0.15, 0.2) is 18.7 Å². The summed E-state index contributed by atoms with van der Waals surface area (Å²) in [5, 5.41) is 6.42. The first-order chi connectivity index (χ1) is 8.84. The van der Waals surface area contributed by atoms with E-state index < -0.39 is 0 Å². The number of thioether (sulfide) groups is 1. The van der Waals surface area contributed by atoms with E-state index in [9.17, 15) is 4.79 Å². The highest BCUT2D eigenvalue weighted by atomic mass is 32.2. The number of aryl methyl sites for hydroxylation is 1. The zero-order chi connectivity index (χ0) is 12.6.